The number of H-pyrrole nitrogens is 1. The van der Waals surface area contributed by atoms with Gasteiger partial charge in [0.2, 0.25) is 0 Å². The first kappa shape index (κ1) is 17.4. The lowest BCUT2D eigenvalue weighted by Gasteiger charge is -2.27. The van der Waals surface area contributed by atoms with E-state index >= 15 is 0 Å². The number of aromatic nitrogens is 4. The second kappa shape index (κ2) is 7.01. The van der Waals surface area contributed by atoms with Crippen LogP contribution in [0.15, 0.2) is 55.0 Å². The van der Waals surface area contributed by atoms with Gasteiger partial charge in [-0.3, -0.25) is 10.5 Å². The third-order valence-corrected chi connectivity index (χ3v) is 5.54. The van der Waals surface area contributed by atoms with E-state index in [2.05, 4.69) is 49.7 Å². The topological polar surface area (TPSA) is 116 Å². The van der Waals surface area contributed by atoms with Crippen LogP contribution in [-0.2, 0) is 12.8 Å². The molecule has 0 spiro atoms. The number of hydrogen-bond acceptors (Lipinski definition) is 6. The number of aryl methyl sites for hydroxylation is 1. The highest BCUT2D eigenvalue weighted by Crippen LogP contribution is 2.27. The molecule has 0 saturated carbocycles. The second-order valence-corrected chi connectivity index (χ2v) is 7.38. The summed E-state index contributed by atoms with van der Waals surface area (Å²) in [5, 5.41) is 20.3. The number of hydrogen-bond donors (Lipinski definition) is 4. The van der Waals surface area contributed by atoms with E-state index in [-0.39, 0.29) is 6.04 Å². The van der Waals surface area contributed by atoms with Crippen LogP contribution in [0.3, 0.4) is 0 Å². The number of benzene rings is 2. The highest BCUT2D eigenvalue weighted by molar-refractivity contribution is 6.17. The Labute approximate surface area is 167 Å². The van der Waals surface area contributed by atoms with Crippen molar-refractivity contribution < 1.29 is 0 Å². The Hall–Kier alpha value is -3.74. The number of fused-ring (bicyclic) bond motifs is 2. The standard InChI is InChI=1S/C22H21N7/c23-20(15-5-6-16-11-27-29-18(16)10-15)19-21(24)25-12-26-22(19)28-17-8-7-13-3-1-2-4-14(13)9-17/h1-6,10-12,17,23H,7-9H2,(H,27,29)(H3,24,25,26,28). The molecule has 1 aliphatic carbocycles. The lowest BCUT2D eigenvalue weighted by Crippen LogP contribution is -2.29. The van der Waals surface area contributed by atoms with Gasteiger partial charge < -0.3 is 11.1 Å². The maximum atomic E-state index is 8.78. The largest absolute Gasteiger partial charge is 0.383 e. The van der Waals surface area contributed by atoms with Crippen molar-refractivity contribution in [1.82, 2.24) is 20.2 Å². The van der Waals surface area contributed by atoms with Crippen LogP contribution >= 0.6 is 0 Å². The van der Waals surface area contributed by atoms with Crippen LogP contribution in [0.2, 0.25) is 0 Å². The quantitative estimate of drug-likeness (QED) is 0.403. The molecule has 1 unspecified atom stereocenters. The average Bonchev–Trinajstić information content (AvgIpc) is 3.21. The van der Waals surface area contributed by atoms with E-state index in [1.165, 1.54) is 17.5 Å². The van der Waals surface area contributed by atoms with Crippen molar-refractivity contribution >= 4 is 28.3 Å². The predicted octanol–water partition coefficient (Wildman–Crippen LogP) is 3.32. The molecule has 0 bridgehead atoms. The van der Waals surface area contributed by atoms with Gasteiger partial charge in [0.05, 0.1) is 23.0 Å². The zero-order valence-corrected chi connectivity index (χ0v) is 15.8. The van der Waals surface area contributed by atoms with Crippen molar-refractivity contribution in [2.24, 2.45) is 0 Å². The fraction of sp³-hybridized carbons (Fsp3) is 0.182. The van der Waals surface area contributed by atoms with Gasteiger partial charge in [-0.15, -0.1) is 0 Å². The predicted molar refractivity (Wildman–Crippen MR) is 114 cm³/mol. The van der Waals surface area contributed by atoms with Crippen molar-refractivity contribution in [3.05, 3.63) is 77.2 Å². The Bertz CT molecular complexity index is 1210. The molecular weight excluding hydrogens is 362 g/mol. The highest BCUT2D eigenvalue weighted by atomic mass is 15.1. The summed E-state index contributed by atoms with van der Waals surface area (Å²) in [7, 11) is 0. The molecule has 0 radical (unpaired) electrons. The summed E-state index contributed by atoms with van der Waals surface area (Å²) < 4.78 is 0. The minimum Gasteiger partial charge on any atom is -0.383 e. The Morgan fingerprint density at radius 1 is 1.14 bits per heavy atom. The van der Waals surface area contributed by atoms with Crippen LogP contribution in [-0.4, -0.2) is 31.9 Å². The number of aromatic amines is 1. The Morgan fingerprint density at radius 3 is 2.90 bits per heavy atom. The van der Waals surface area contributed by atoms with Gasteiger partial charge in [-0.25, -0.2) is 9.97 Å². The lowest BCUT2D eigenvalue weighted by molar-refractivity contribution is 0.608. The summed E-state index contributed by atoms with van der Waals surface area (Å²) in [6, 6.07) is 14.5. The van der Waals surface area contributed by atoms with Gasteiger partial charge in [0.25, 0.3) is 0 Å². The molecule has 0 amide bonds. The van der Waals surface area contributed by atoms with E-state index < -0.39 is 0 Å². The van der Waals surface area contributed by atoms with Crippen LogP contribution in [0.4, 0.5) is 11.6 Å². The summed E-state index contributed by atoms with van der Waals surface area (Å²) in [5.41, 5.74) is 11.4. The molecule has 0 saturated heterocycles. The van der Waals surface area contributed by atoms with Gasteiger partial charge in [0, 0.05) is 17.0 Å². The zero-order valence-electron chi connectivity index (χ0n) is 15.8. The molecule has 144 valence electrons. The van der Waals surface area contributed by atoms with E-state index in [0.717, 1.165) is 35.7 Å². The molecule has 5 rings (SSSR count). The SMILES string of the molecule is N=C(c1ccc2cn[nH]c2c1)c1c(N)ncnc1NC1CCc2ccccc2C1. The number of nitrogens with zero attached hydrogens (tertiary/aromatic N) is 3. The Balaban J connectivity index is 1.46. The third-order valence-electron chi connectivity index (χ3n) is 5.54. The normalized spacial score (nSPS) is 15.8. The summed E-state index contributed by atoms with van der Waals surface area (Å²) in [6.07, 6.45) is 6.17. The molecule has 0 aliphatic heterocycles. The first-order valence-electron chi connectivity index (χ1n) is 9.65. The van der Waals surface area contributed by atoms with Crippen LogP contribution in [0.5, 0.6) is 0 Å². The molecule has 2 heterocycles. The van der Waals surface area contributed by atoms with Crippen molar-refractivity contribution in [3.8, 4) is 0 Å². The Kier molecular flexibility index (Phi) is 4.20. The minimum atomic E-state index is 0.237. The zero-order chi connectivity index (χ0) is 19.8. The number of rotatable bonds is 4. The number of anilines is 2. The molecule has 4 aromatic rings. The van der Waals surface area contributed by atoms with Crippen molar-refractivity contribution in [2.45, 2.75) is 25.3 Å². The van der Waals surface area contributed by atoms with E-state index in [1.807, 2.05) is 18.2 Å². The molecule has 1 atom stereocenters. The van der Waals surface area contributed by atoms with E-state index in [0.29, 0.717) is 22.9 Å². The van der Waals surface area contributed by atoms with Crippen LogP contribution in [0.1, 0.15) is 28.7 Å². The van der Waals surface area contributed by atoms with Gasteiger partial charge in [-0.1, -0.05) is 36.4 Å². The van der Waals surface area contributed by atoms with Crippen LogP contribution in [0, 0.1) is 5.41 Å². The number of nitrogens with one attached hydrogen (secondary N) is 3. The van der Waals surface area contributed by atoms with Gasteiger partial charge >= 0.3 is 0 Å². The minimum absolute atomic E-state index is 0.237. The summed E-state index contributed by atoms with van der Waals surface area (Å²) in [5.74, 6) is 0.907. The average molecular weight is 383 g/mol. The molecule has 29 heavy (non-hydrogen) atoms. The molecule has 7 heteroatoms. The van der Waals surface area contributed by atoms with Gasteiger partial charge in [0.1, 0.15) is 18.0 Å². The smallest absolute Gasteiger partial charge is 0.141 e. The first-order valence-corrected chi connectivity index (χ1v) is 9.65. The van der Waals surface area contributed by atoms with Gasteiger partial charge in [-0.2, -0.15) is 5.10 Å². The Morgan fingerprint density at radius 2 is 2.00 bits per heavy atom. The number of nitrogens with two attached hydrogens (primary N) is 1. The van der Waals surface area contributed by atoms with Crippen LogP contribution in [0.25, 0.3) is 10.9 Å². The second-order valence-electron chi connectivity index (χ2n) is 7.38. The molecule has 5 N–H and O–H groups in total. The molecular formula is C22H21N7. The van der Waals surface area contributed by atoms with Gasteiger partial charge in [0.15, 0.2) is 0 Å². The van der Waals surface area contributed by atoms with Crippen molar-refractivity contribution in [2.75, 3.05) is 11.1 Å². The summed E-state index contributed by atoms with van der Waals surface area (Å²) in [6.45, 7) is 0. The van der Waals surface area contributed by atoms with Crippen molar-refractivity contribution in [1.29, 1.82) is 5.41 Å². The fourth-order valence-corrected chi connectivity index (χ4v) is 4.01. The lowest BCUT2D eigenvalue weighted by atomic mass is 9.88. The van der Waals surface area contributed by atoms with Gasteiger partial charge in [-0.05, 0) is 36.5 Å². The maximum absolute atomic E-state index is 8.78. The van der Waals surface area contributed by atoms with E-state index in [9.17, 15) is 0 Å². The monoisotopic (exact) mass is 383 g/mol. The number of nitrogen functional groups attached to an aromatic ring is 1. The maximum Gasteiger partial charge on any atom is 0.141 e. The molecule has 7 nitrogen and oxygen atoms in total. The van der Waals surface area contributed by atoms with Crippen LogP contribution < -0.4 is 11.1 Å². The molecule has 2 aromatic carbocycles. The van der Waals surface area contributed by atoms with E-state index in [1.54, 1.807) is 6.20 Å². The van der Waals surface area contributed by atoms with E-state index in [4.69, 9.17) is 11.1 Å². The molecule has 1 aliphatic rings. The fourth-order valence-electron chi connectivity index (χ4n) is 4.01. The van der Waals surface area contributed by atoms with Crippen molar-refractivity contribution in [3.63, 3.8) is 0 Å². The highest BCUT2D eigenvalue weighted by Gasteiger charge is 2.22. The molecule has 2 aromatic heterocycles. The summed E-state index contributed by atoms with van der Waals surface area (Å²) in [4.78, 5) is 8.56. The third kappa shape index (κ3) is 3.20. The summed E-state index contributed by atoms with van der Waals surface area (Å²) >= 11 is 0. The molecule has 0 fully saturated rings. The first-order chi connectivity index (χ1) is 14.2.